The SMILES string of the molecule is Cc1ccc(C(=O)NCc2cnn(-c3ccccc3)c2)cc1NC(=O)CN(C)C. The minimum Gasteiger partial charge on any atom is -0.348 e. The number of hydrogen-bond acceptors (Lipinski definition) is 4. The first-order valence-electron chi connectivity index (χ1n) is 9.35. The molecule has 1 aromatic heterocycles. The lowest BCUT2D eigenvalue weighted by atomic mass is 10.1. The molecule has 0 saturated heterocycles. The summed E-state index contributed by atoms with van der Waals surface area (Å²) in [6.45, 7) is 2.54. The van der Waals surface area contributed by atoms with Crippen molar-refractivity contribution in [3.05, 3.63) is 77.6 Å². The Morgan fingerprint density at radius 1 is 1.10 bits per heavy atom. The lowest BCUT2D eigenvalue weighted by Crippen LogP contribution is -2.27. The van der Waals surface area contributed by atoms with Crippen LogP contribution in [-0.2, 0) is 11.3 Å². The van der Waals surface area contributed by atoms with Crippen molar-refractivity contribution in [1.82, 2.24) is 20.0 Å². The Morgan fingerprint density at radius 3 is 2.59 bits per heavy atom. The summed E-state index contributed by atoms with van der Waals surface area (Å²) in [6.07, 6.45) is 3.62. The summed E-state index contributed by atoms with van der Waals surface area (Å²) < 4.78 is 1.77. The lowest BCUT2D eigenvalue weighted by Gasteiger charge is -2.13. The Kier molecular flexibility index (Phi) is 6.41. The van der Waals surface area contributed by atoms with Crippen LogP contribution in [-0.4, -0.2) is 47.1 Å². The van der Waals surface area contributed by atoms with E-state index in [1.807, 2.05) is 63.6 Å². The number of para-hydroxylation sites is 1. The van der Waals surface area contributed by atoms with E-state index in [-0.39, 0.29) is 18.4 Å². The number of anilines is 1. The van der Waals surface area contributed by atoms with Crippen LogP contribution in [0.3, 0.4) is 0 Å². The van der Waals surface area contributed by atoms with E-state index >= 15 is 0 Å². The highest BCUT2D eigenvalue weighted by molar-refractivity contribution is 5.98. The van der Waals surface area contributed by atoms with Crippen LogP contribution in [0.15, 0.2) is 60.9 Å². The smallest absolute Gasteiger partial charge is 0.251 e. The molecular formula is C22H25N5O2. The molecule has 150 valence electrons. The van der Waals surface area contributed by atoms with Gasteiger partial charge in [-0.2, -0.15) is 5.10 Å². The van der Waals surface area contributed by atoms with Gasteiger partial charge in [-0.25, -0.2) is 4.68 Å². The third kappa shape index (κ3) is 5.52. The fourth-order valence-electron chi connectivity index (χ4n) is 2.83. The van der Waals surface area contributed by atoms with Crippen LogP contribution < -0.4 is 10.6 Å². The molecule has 0 aliphatic carbocycles. The maximum atomic E-state index is 12.6. The maximum Gasteiger partial charge on any atom is 0.251 e. The average Bonchev–Trinajstić information content (AvgIpc) is 3.17. The van der Waals surface area contributed by atoms with Crippen molar-refractivity contribution in [3.8, 4) is 5.69 Å². The predicted molar refractivity (Wildman–Crippen MR) is 113 cm³/mol. The van der Waals surface area contributed by atoms with E-state index in [4.69, 9.17) is 0 Å². The highest BCUT2D eigenvalue weighted by Gasteiger charge is 2.11. The van der Waals surface area contributed by atoms with Crippen LogP contribution in [0.1, 0.15) is 21.5 Å². The summed E-state index contributed by atoms with van der Waals surface area (Å²) in [6, 6.07) is 15.1. The van der Waals surface area contributed by atoms with E-state index in [1.54, 1.807) is 27.9 Å². The zero-order valence-electron chi connectivity index (χ0n) is 16.8. The van der Waals surface area contributed by atoms with Gasteiger partial charge in [-0.15, -0.1) is 0 Å². The summed E-state index contributed by atoms with van der Waals surface area (Å²) in [7, 11) is 3.66. The highest BCUT2D eigenvalue weighted by atomic mass is 16.2. The van der Waals surface area contributed by atoms with Gasteiger partial charge >= 0.3 is 0 Å². The molecule has 3 rings (SSSR count). The molecule has 2 N–H and O–H groups in total. The Hall–Kier alpha value is -3.45. The van der Waals surface area contributed by atoms with Crippen LogP contribution >= 0.6 is 0 Å². The third-order valence-corrected chi connectivity index (χ3v) is 4.34. The van der Waals surface area contributed by atoms with E-state index < -0.39 is 0 Å². The van der Waals surface area contributed by atoms with Gasteiger partial charge in [-0.1, -0.05) is 24.3 Å². The number of nitrogens with zero attached hydrogens (tertiary/aromatic N) is 3. The van der Waals surface area contributed by atoms with E-state index in [2.05, 4.69) is 15.7 Å². The minimum absolute atomic E-state index is 0.121. The van der Waals surface area contributed by atoms with Crippen molar-refractivity contribution in [3.63, 3.8) is 0 Å². The van der Waals surface area contributed by atoms with E-state index in [1.165, 1.54) is 0 Å². The fraction of sp³-hybridized carbons (Fsp3) is 0.227. The van der Waals surface area contributed by atoms with Crippen LogP contribution in [0, 0.1) is 6.92 Å². The Balaban J connectivity index is 1.63. The molecule has 7 nitrogen and oxygen atoms in total. The van der Waals surface area contributed by atoms with Gasteiger partial charge in [-0.3, -0.25) is 9.59 Å². The molecule has 0 aliphatic heterocycles. The van der Waals surface area contributed by atoms with Crippen LogP contribution in [0.4, 0.5) is 5.69 Å². The summed E-state index contributed by atoms with van der Waals surface area (Å²) in [4.78, 5) is 26.4. The normalized spacial score (nSPS) is 10.8. The van der Waals surface area contributed by atoms with Crippen LogP contribution in [0.2, 0.25) is 0 Å². The number of aryl methyl sites for hydroxylation is 1. The number of aromatic nitrogens is 2. The van der Waals surface area contributed by atoms with Gasteiger partial charge < -0.3 is 15.5 Å². The molecule has 3 aromatic rings. The van der Waals surface area contributed by atoms with Crippen molar-refractivity contribution < 1.29 is 9.59 Å². The first-order chi connectivity index (χ1) is 13.9. The van der Waals surface area contributed by atoms with Crippen molar-refractivity contribution in [2.24, 2.45) is 0 Å². The zero-order chi connectivity index (χ0) is 20.8. The molecule has 29 heavy (non-hydrogen) atoms. The summed E-state index contributed by atoms with van der Waals surface area (Å²) in [5.74, 6) is -0.329. The molecule has 0 aliphatic rings. The number of carbonyl (C=O) groups is 2. The van der Waals surface area contributed by atoms with Crippen molar-refractivity contribution in [2.75, 3.05) is 26.0 Å². The van der Waals surface area contributed by atoms with Gasteiger partial charge in [0.2, 0.25) is 5.91 Å². The quantitative estimate of drug-likeness (QED) is 0.649. The van der Waals surface area contributed by atoms with Crippen molar-refractivity contribution in [2.45, 2.75) is 13.5 Å². The molecule has 0 unspecified atom stereocenters. The van der Waals surface area contributed by atoms with Gasteiger partial charge in [0.15, 0.2) is 0 Å². The Bertz CT molecular complexity index is 995. The zero-order valence-corrected chi connectivity index (χ0v) is 16.8. The monoisotopic (exact) mass is 391 g/mol. The number of rotatable bonds is 7. The van der Waals surface area contributed by atoms with E-state index in [0.717, 1.165) is 16.8 Å². The highest BCUT2D eigenvalue weighted by Crippen LogP contribution is 2.17. The lowest BCUT2D eigenvalue weighted by molar-refractivity contribution is -0.116. The molecule has 1 heterocycles. The number of nitrogens with one attached hydrogen (secondary N) is 2. The molecular weight excluding hydrogens is 366 g/mol. The molecule has 7 heteroatoms. The second-order valence-electron chi connectivity index (χ2n) is 7.13. The Morgan fingerprint density at radius 2 is 1.86 bits per heavy atom. The molecule has 2 aromatic carbocycles. The van der Waals surface area contributed by atoms with Crippen molar-refractivity contribution in [1.29, 1.82) is 0 Å². The minimum atomic E-state index is -0.208. The summed E-state index contributed by atoms with van der Waals surface area (Å²) >= 11 is 0. The first kappa shape index (κ1) is 20.3. The average molecular weight is 391 g/mol. The number of likely N-dealkylation sites (N-methyl/N-ethyl adjacent to an activating group) is 1. The van der Waals surface area contributed by atoms with Crippen LogP contribution in [0.25, 0.3) is 5.69 Å². The second kappa shape index (κ2) is 9.16. The van der Waals surface area contributed by atoms with Gasteiger partial charge in [0.25, 0.3) is 5.91 Å². The molecule has 0 spiro atoms. The number of hydrogen-bond donors (Lipinski definition) is 2. The number of carbonyl (C=O) groups excluding carboxylic acids is 2. The van der Waals surface area contributed by atoms with E-state index in [0.29, 0.717) is 17.8 Å². The number of benzene rings is 2. The number of amides is 2. The first-order valence-corrected chi connectivity index (χ1v) is 9.35. The predicted octanol–water partition coefficient (Wildman–Crippen LogP) is 2.61. The summed E-state index contributed by atoms with van der Waals surface area (Å²) in [5, 5.41) is 10.1. The van der Waals surface area contributed by atoms with Gasteiger partial charge in [-0.05, 0) is 50.8 Å². The molecule has 0 fully saturated rings. The van der Waals surface area contributed by atoms with Gasteiger partial charge in [0, 0.05) is 29.6 Å². The molecule has 0 radical (unpaired) electrons. The second-order valence-corrected chi connectivity index (χ2v) is 7.13. The van der Waals surface area contributed by atoms with Crippen molar-refractivity contribution >= 4 is 17.5 Å². The topological polar surface area (TPSA) is 79.3 Å². The summed E-state index contributed by atoms with van der Waals surface area (Å²) in [5.41, 5.74) is 3.89. The van der Waals surface area contributed by atoms with Crippen LogP contribution in [0.5, 0.6) is 0 Å². The van der Waals surface area contributed by atoms with E-state index in [9.17, 15) is 9.59 Å². The standard InChI is InChI=1S/C22H25N5O2/c1-16-9-10-18(11-20(16)25-21(28)15-26(2)3)22(29)23-12-17-13-24-27(14-17)19-7-5-4-6-8-19/h4-11,13-14H,12,15H2,1-3H3,(H,23,29)(H,25,28). The maximum absolute atomic E-state index is 12.6. The van der Waals surface area contributed by atoms with Gasteiger partial charge in [0.05, 0.1) is 18.4 Å². The Labute approximate surface area is 170 Å². The fourth-order valence-corrected chi connectivity index (χ4v) is 2.83. The third-order valence-electron chi connectivity index (χ3n) is 4.34. The molecule has 0 atom stereocenters. The van der Waals surface area contributed by atoms with Gasteiger partial charge in [0.1, 0.15) is 0 Å². The molecule has 2 amide bonds. The molecule has 0 saturated carbocycles. The largest absolute Gasteiger partial charge is 0.348 e. The molecule has 0 bridgehead atoms.